The van der Waals surface area contributed by atoms with E-state index >= 15 is 0 Å². The molecule has 0 spiro atoms. The monoisotopic (exact) mass is 545 g/mol. The number of nitrogens with one attached hydrogen (secondary N) is 1. The summed E-state index contributed by atoms with van der Waals surface area (Å²) in [5.74, 6) is -0.512. The first-order valence-corrected chi connectivity index (χ1v) is 13.9. The SMILES string of the molecule is CCN1CCN(Cc2ccc(C(=O)Nc3cnn4ccc(N5CCC[C@@H]5c5cc(F)ccc5F)nc34)cc2)CC1. The molecule has 1 atom stereocenters. The fraction of sp³-hybridized carbons (Fsp3) is 0.367. The highest BCUT2D eigenvalue weighted by Gasteiger charge is 2.30. The third-order valence-electron chi connectivity index (χ3n) is 8.00. The van der Waals surface area contributed by atoms with Crippen LogP contribution in [0.15, 0.2) is 60.9 Å². The van der Waals surface area contributed by atoms with Gasteiger partial charge < -0.3 is 15.1 Å². The van der Waals surface area contributed by atoms with Gasteiger partial charge in [0.1, 0.15) is 23.1 Å². The molecular formula is C30H33F2N7O. The summed E-state index contributed by atoms with van der Waals surface area (Å²) in [5.41, 5.74) is 3.03. The lowest BCUT2D eigenvalue weighted by Crippen LogP contribution is -2.45. The van der Waals surface area contributed by atoms with Crippen LogP contribution in [0.3, 0.4) is 0 Å². The number of anilines is 2. The van der Waals surface area contributed by atoms with E-state index in [1.165, 1.54) is 17.7 Å². The van der Waals surface area contributed by atoms with Crippen LogP contribution in [0.25, 0.3) is 5.65 Å². The molecular weight excluding hydrogens is 512 g/mol. The third kappa shape index (κ3) is 5.41. The summed E-state index contributed by atoms with van der Waals surface area (Å²) in [4.78, 5) is 24.7. The number of hydrogen-bond acceptors (Lipinski definition) is 6. The molecule has 6 rings (SSSR count). The largest absolute Gasteiger partial charge is 0.349 e. The number of carbonyl (C=O) groups excluding carboxylic acids is 1. The molecule has 4 aromatic rings. The lowest BCUT2D eigenvalue weighted by atomic mass is 10.0. The molecule has 2 saturated heterocycles. The summed E-state index contributed by atoms with van der Waals surface area (Å²) in [5, 5.41) is 7.27. The highest BCUT2D eigenvalue weighted by Crippen LogP contribution is 2.37. The Kier molecular flexibility index (Phi) is 7.44. The van der Waals surface area contributed by atoms with Gasteiger partial charge in [-0.2, -0.15) is 5.10 Å². The van der Waals surface area contributed by atoms with E-state index in [-0.39, 0.29) is 11.9 Å². The Hall–Kier alpha value is -3.89. The lowest BCUT2D eigenvalue weighted by molar-refractivity contribution is 0.102. The minimum absolute atomic E-state index is 0.244. The van der Waals surface area contributed by atoms with E-state index in [0.29, 0.717) is 41.2 Å². The second-order valence-electron chi connectivity index (χ2n) is 10.5. The second kappa shape index (κ2) is 11.3. The molecule has 2 aliphatic heterocycles. The van der Waals surface area contributed by atoms with Crippen LogP contribution in [-0.2, 0) is 6.54 Å². The molecule has 10 heteroatoms. The van der Waals surface area contributed by atoms with Crippen molar-refractivity contribution >= 4 is 23.1 Å². The van der Waals surface area contributed by atoms with Gasteiger partial charge in [-0.15, -0.1) is 0 Å². The van der Waals surface area contributed by atoms with Crippen LogP contribution in [0.5, 0.6) is 0 Å². The van der Waals surface area contributed by atoms with Crippen molar-refractivity contribution in [2.24, 2.45) is 0 Å². The van der Waals surface area contributed by atoms with Gasteiger partial charge in [0.05, 0.1) is 12.2 Å². The summed E-state index contributed by atoms with van der Waals surface area (Å²) in [6, 6.07) is 12.8. The van der Waals surface area contributed by atoms with Gasteiger partial charge >= 0.3 is 0 Å². The topological polar surface area (TPSA) is 69.0 Å². The van der Waals surface area contributed by atoms with E-state index in [2.05, 4.69) is 27.1 Å². The summed E-state index contributed by atoms with van der Waals surface area (Å²) in [7, 11) is 0. The Morgan fingerprint density at radius 3 is 2.55 bits per heavy atom. The minimum atomic E-state index is -0.463. The van der Waals surface area contributed by atoms with Crippen molar-refractivity contribution in [3.63, 3.8) is 0 Å². The normalized spacial score (nSPS) is 18.5. The van der Waals surface area contributed by atoms with Gasteiger partial charge in [-0.05, 0) is 61.3 Å². The molecule has 8 nitrogen and oxygen atoms in total. The van der Waals surface area contributed by atoms with Crippen LogP contribution < -0.4 is 10.2 Å². The number of rotatable bonds is 7. The fourth-order valence-corrected chi connectivity index (χ4v) is 5.72. The molecule has 1 N–H and O–H groups in total. The average molecular weight is 546 g/mol. The summed E-state index contributed by atoms with van der Waals surface area (Å²) in [6.07, 6.45) is 4.87. The van der Waals surface area contributed by atoms with E-state index in [4.69, 9.17) is 4.98 Å². The van der Waals surface area contributed by atoms with Gasteiger partial charge in [-0.1, -0.05) is 19.1 Å². The van der Waals surface area contributed by atoms with Gasteiger partial charge in [-0.3, -0.25) is 9.69 Å². The number of piperazine rings is 1. The molecule has 208 valence electrons. The smallest absolute Gasteiger partial charge is 0.255 e. The molecule has 0 saturated carbocycles. The Balaban J connectivity index is 1.16. The zero-order valence-electron chi connectivity index (χ0n) is 22.6. The first-order chi connectivity index (χ1) is 19.5. The Labute approximate surface area is 232 Å². The molecule has 1 amide bonds. The maximum Gasteiger partial charge on any atom is 0.255 e. The molecule has 0 radical (unpaired) electrons. The number of aromatic nitrogens is 3. The van der Waals surface area contributed by atoms with E-state index in [1.807, 2.05) is 35.2 Å². The molecule has 2 fully saturated rings. The van der Waals surface area contributed by atoms with Crippen LogP contribution in [0.1, 0.15) is 47.3 Å². The molecule has 0 unspecified atom stereocenters. The van der Waals surface area contributed by atoms with E-state index in [0.717, 1.165) is 51.8 Å². The van der Waals surface area contributed by atoms with Crippen molar-refractivity contribution in [3.8, 4) is 0 Å². The van der Waals surface area contributed by atoms with Gasteiger partial charge in [0.2, 0.25) is 0 Å². The zero-order valence-corrected chi connectivity index (χ0v) is 22.6. The number of likely N-dealkylation sites (N-methyl/N-ethyl adjacent to an activating group) is 1. The number of hydrogen-bond donors (Lipinski definition) is 1. The molecule has 40 heavy (non-hydrogen) atoms. The lowest BCUT2D eigenvalue weighted by Gasteiger charge is -2.34. The van der Waals surface area contributed by atoms with Crippen molar-refractivity contribution in [1.82, 2.24) is 24.4 Å². The van der Waals surface area contributed by atoms with E-state index in [1.54, 1.807) is 16.9 Å². The molecule has 2 aliphatic rings. The van der Waals surface area contributed by atoms with E-state index < -0.39 is 11.6 Å². The van der Waals surface area contributed by atoms with Crippen LogP contribution >= 0.6 is 0 Å². The summed E-state index contributed by atoms with van der Waals surface area (Å²) in [6.45, 7) is 9.11. The number of amides is 1. The van der Waals surface area contributed by atoms with Gasteiger partial charge in [0.15, 0.2) is 5.65 Å². The number of benzene rings is 2. The van der Waals surface area contributed by atoms with Crippen molar-refractivity contribution in [2.75, 3.05) is 49.5 Å². The van der Waals surface area contributed by atoms with Crippen molar-refractivity contribution in [3.05, 3.63) is 89.2 Å². The van der Waals surface area contributed by atoms with Crippen LogP contribution in [0.2, 0.25) is 0 Å². The first kappa shape index (κ1) is 26.3. The molecule has 4 heterocycles. The molecule has 0 bridgehead atoms. The Morgan fingerprint density at radius 1 is 1.00 bits per heavy atom. The highest BCUT2D eigenvalue weighted by atomic mass is 19.1. The van der Waals surface area contributed by atoms with Gasteiger partial charge in [-0.25, -0.2) is 18.3 Å². The van der Waals surface area contributed by atoms with Crippen molar-refractivity contribution in [2.45, 2.75) is 32.4 Å². The maximum atomic E-state index is 14.6. The highest BCUT2D eigenvalue weighted by molar-refractivity contribution is 6.06. The standard InChI is InChI=1S/C30H33F2N7O/c1-2-36-14-16-37(17-15-36)20-21-5-7-22(8-6-21)30(40)34-26-19-33-39-13-11-28(35-29(26)39)38-12-3-4-27(38)24-18-23(31)9-10-25(24)32/h5-11,13,18-19,27H,2-4,12,14-17,20H2,1H3,(H,34,40)/t27-/m1/s1. The third-order valence-corrected chi connectivity index (χ3v) is 8.00. The average Bonchev–Trinajstić information content (AvgIpc) is 3.62. The second-order valence-corrected chi connectivity index (χ2v) is 10.5. The number of carbonyl (C=O) groups is 1. The van der Waals surface area contributed by atoms with Crippen LogP contribution in [0.4, 0.5) is 20.3 Å². The number of halogens is 2. The predicted molar refractivity (Wildman–Crippen MR) is 150 cm³/mol. The maximum absolute atomic E-state index is 14.6. The van der Waals surface area contributed by atoms with Crippen LogP contribution in [0, 0.1) is 11.6 Å². The molecule has 0 aliphatic carbocycles. The van der Waals surface area contributed by atoms with E-state index in [9.17, 15) is 13.6 Å². The number of nitrogens with zero attached hydrogens (tertiary/aromatic N) is 6. The Morgan fingerprint density at radius 2 is 1.77 bits per heavy atom. The van der Waals surface area contributed by atoms with Gasteiger partial charge in [0, 0.05) is 56.6 Å². The van der Waals surface area contributed by atoms with Crippen molar-refractivity contribution < 1.29 is 13.6 Å². The first-order valence-electron chi connectivity index (χ1n) is 13.9. The van der Waals surface area contributed by atoms with Crippen molar-refractivity contribution in [1.29, 1.82) is 0 Å². The fourth-order valence-electron chi connectivity index (χ4n) is 5.72. The van der Waals surface area contributed by atoms with Gasteiger partial charge in [0.25, 0.3) is 5.91 Å². The quantitative estimate of drug-likeness (QED) is 0.362. The predicted octanol–water partition coefficient (Wildman–Crippen LogP) is 4.74. The number of fused-ring (bicyclic) bond motifs is 1. The molecule has 2 aromatic heterocycles. The molecule has 2 aromatic carbocycles. The summed E-state index contributed by atoms with van der Waals surface area (Å²) >= 11 is 0. The zero-order chi connectivity index (χ0) is 27.6. The van der Waals surface area contributed by atoms with Crippen LogP contribution in [-0.4, -0.2) is 69.6 Å². The minimum Gasteiger partial charge on any atom is -0.349 e. The summed E-state index contributed by atoms with van der Waals surface area (Å²) < 4.78 is 30.1. The Bertz CT molecular complexity index is 1500.